The van der Waals surface area contributed by atoms with Crippen LogP contribution in [-0.4, -0.2) is 31.6 Å². The zero-order valence-corrected chi connectivity index (χ0v) is 12.1. The normalized spacial score (nSPS) is 53.5. The number of hydrogen-bond acceptors (Lipinski definition) is 4. The van der Waals surface area contributed by atoms with Gasteiger partial charge in [-0.1, -0.05) is 0 Å². The molecule has 0 aromatic rings. The largest absolute Gasteiger partial charge is 0.327 e. The van der Waals surface area contributed by atoms with Crippen LogP contribution in [0.15, 0.2) is 0 Å². The van der Waals surface area contributed by atoms with E-state index in [2.05, 4.69) is 0 Å². The van der Waals surface area contributed by atoms with E-state index in [4.69, 9.17) is 14.2 Å². The quantitative estimate of drug-likeness (QED) is 0.742. The Kier molecular flexibility index (Phi) is 3.17. The maximum atomic E-state index is 11.0. The Bertz CT molecular complexity index is 368. The van der Waals surface area contributed by atoms with E-state index in [1.54, 1.807) is 0 Å². The zero-order valence-electron chi connectivity index (χ0n) is 12.1. The molecule has 0 aromatic carbocycles. The fourth-order valence-electron chi connectivity index (χ4n) is 5.59. The van der Waals surface area contributed by atoms with Crippen LogP contribution in [0.3, 0.4) is 0 Å². The highest BCUT2D eigenvalue weighted by atomic mass is 16.9. The Labute approximate surface area is 120 Å². The van der Waals surface area contributed by atoms with Crippen molar-refractivity contribution in [3.63, 3.8) is 0 Å². The van der Waals surface area contributed by atoms with Gasteiger partial charge in [-0.25, -0.2) is 0 Å². The summed E-state index contributed by atoms with van der Waals surface area (Å²) in [5.74, 6) is 2.51. The van der Waals surface area contributed by atoms with Crippen molar-refractivity contribution in [2.45, 2.75) is 51.1 Å². The van der Waals surface area contributed by atoms with Crippen molar-refractivity contribution in [1.82, 2.24) is 0 Å². The molecule has 1 heterocycles. The van der Waals surface area contributed by atoms with Crippen molar-refractivity contribution in [3.8, 4) is 0 Å². The number of ether oxygens (including phenoxy) is 3. The monoisotopic (exact) mass is 280 g/mol. The van der Waals surface area contributed by atoms with Crippen LogP contribution in [0.25, 0.3) is 0 Å². The van der Waals surface area contributed by atoms with Gasteiger partial charge in [0.2, 0.25) is 0 Å². The Hall–Kier alpha value is -0.450. The zero-order chi connectivity index (χ0) is 13.7. The SMILES string of the molecule is CCOC1(C2C3CC4CC(C3)CC2C4)OCC(C=O)O1. The van der Waals surface area contributed by atoms with Gasteiger partial charge in [0, 0.05) is 12.5 Å². The van der Waals surface area contributed by atoms with Crippen LogP contribution >= 0.6 is 0 Å². The van der Waals surface area contributed by atoms with Crippen LogP contribution in [0.2, 0.25) is 0 Å². The van der Waals surface area contributed by atoms with Crippen LogP contribution in [-0.2, 0) is 19.0 Å². The highest BCUT2D eigenvalue weighted by Gasteiger charge is 2.60. The van der Waals surface area contributed by atoms with Gasteiger partial charge in [-0.15, -0.1) is 0 Å². The van der Waals surface area contributed by atoms with E-state index in [1.807, 2.05) is 6.92 Å². The summed E-state index contributed by atoms with van der Waals surface area (Å²) in [4.78, 5) is 11.0. The first-order valence-electron chi connectivity index (χ1n) is 8.15. The molecule has 112 valence electrons. The average molecular weight is 280 g/mol. The van der Waals surface area contributed by atoms with E-state index in [1.165, 1.54) is 32.1 Å². The minimum Gasteiger partial charge on any atom is -0.327 e. The molecule has 4 heteroatoms. The molecule has 0 amide bonds. The molecule has 0 N–H and O–H groups in total. The van der Waals surface area contributed by atoms with Crippen molar-refractivity contribution >= 4 is 6.29 Å². The third-order valence-electron chi connectivity index (χ3n) is 5.90. The molecule has 4 nitrogen and oxygen atoms in total. The summed E-state index contributed by atoms with van der Waals surface area (Å²) < 4.78 is 17.8. The summed E-state index contributed by atoms with van der Waals surface area (Å²) in [7, 11) is 0. The van der Waals surface area contributed by atoms with Crippen LogP contribution in [0, 0.1) is 29.6 Å². The molecule has 4 bridgehead atoms. The van der Waals surface area contributed by atoms with Crippen molar-refractivity contribution in [3.05, 3.63) is 0 Å². The first-order chi connectivity index (χ1) is 9.74. The Morgan fingerprint density at radius 1 is 1.15 bits per heavy atom. The van der Waals surface area contributed by atoms with Crippen LogP contribution in [0.4, 0.5) is 0 Å². The lowest BCUT2D eigenvalue weighted by molar-refractivity contribution is -0.386. The van der Waals surface area contributed by atoms with E-state index in [-0.39, 0.29) is 0 Å². The van der Waals surface area contributed by atoms with E-state index >= 15 is 0 Å². The van der Waals surface area contributed by atoms with Gasteiger partial charge in [0.25, 0.3) is 5.97 Å². The van der Waals surface area contributed by atoms with Crippen molar-refractivity contribution in [2.24, 2.45) is 29.6 Å². The van der Waals surface area contributed by atoms with Gasteiger partial charge in [-0.2, -0.15) is 0 Å². The molecule has 5 rings (SSSR count). The summed E-state index contributed by atoms with van der Waals surface area (Å²) in [6.07, 6.45) is 7.00. The summed E-state index contributed by atoms with van der Waals surface area (Å²) in [6, 6.07) is 0. The second-order valence-electron chi connectivity index (χ2n) is 7.10. The van der Waals surface area contributed by atoms with Crippen molar-refractivity contribution in [2.75, 3.05) is 13.2 Å². The molecule has 1 saturated heterocycles. The fourth-order valence-corrected chi connectivity index (χ4v) is 5.59. The number of carbonyl (C=O) groups is 1. The van der Waals surface area contributed by atoms with Gasteiger partial charge in [-0.05, 0) is 62.7 Å². The summed E-state index contributed by atoms with van der Waals surface area (Å²) in [5, 5.41) is 0. The highest BCUT2D eigenvalue weighted by molar-refractivity contribution is 5.56. The Morgan fingerprint density at radius 3 is 2.30 bits per heavy atom. The maximum Gasteiger partial charge on any atom is 0.287 e. The van der Waals surface area contributed by atoms with E-state index in [9.17, 15) is 4.79 Å². The molecule has 0 aromatic heterocycles. The molecule has 0 radical (unpaired) electrons. The van der Waals surface area contributed by atoms with Crippen molar-refractivity contribution in [1.29, 1.82) is 0 Å². The van der Waals surface area contributed by atoms with Gasteiger partial charge < -0.3 is 19.0 Å². The molecule has 5 aliphatic rings. The molecule has 2 atom stereocenters. The predicted octanol–water partition coefficient (Wildman–Crippen LogP) is 2.36. The van der Waals surface area contributed by atoms with Gasteiger partial charge in [0.15, 0.2) is 6.29 Å². The van der Waals surface area contributed by atoms with Gasteiger partial charge >= 0.3 is 0 Å². The third kappa shape index (κ3) is 1.88. The Morgan fingerprint density at radius 2 is 1.80 bits per heavy atom. The van der Waals surface area contributed by atoms with Crippen LogP contribution in [0.1, 0.15) is 39.0 Å². The maximum absolute atomic E-state index is 11.0. The van der Waals surface area contributed by atoms with Gasteiger partial charge in [0.05, 0.1) is 6.61 Å². The van der Waals surface area contributed by atoms with Crippen LogP contribution in [0.5, 0.6) is 0 Å². The third-order valence-corrected chi connectivity index (χ3v) is 5.90. The molecule has 4 saturated carbocycles. The van der Waals surface area contributed by atoms with Gasteiger partial charge in [-0.3, -0.25) is 0 Å². The average Bonchev–Trinajstić information content (AvgIpc) is 2.82. The lowest BCUT2D eigenvalue weighted by atomic mass is 9.51. The number of carbonyl (C=O) groups excluding carboxylic acids is 1. The molecular formula is C16H24O4. The molecule has 1 aliphatic heterocycles. The standard InChI is InChI=1S/C16H24O4/c1-2-18-16(19-9-14(8-17)20-16)15-12-4-10-3-11(6-12)7-13(15)5-10/h8,10-15H,2-7,9H2,1H3. The minimum absolute atomic E-state index is 0.320. The first-order valence-corrected chi connectivity index (χ1v) is 8.15. The number of aldehydes is 1. The second kappa shape index (κ2) is 4.79. The fraction of sp³-hybridized carbons (Fsp3) is 0.938. The smallest absolute Gasteiger partial charge is 0.287 e. The topological polar surface area (TPSA) is 44.8 Å². The number of hydrogen-bond donors (Lipinski definition) is 0. The van der Waals surface area contributed by atoms with Crippen molar-refractivity contribution < 1.29 is 19.0 Å². The molecule has 5 fully saturated rings. The number of rotatable bonds is 4. The van der Waals surface area contributed by atoms with E-state index in [0.717, 1.165) is 18.1 Å². The second-order valence-corrected chi connectivity index (χ2v) is 7.10. The van der Waals surface area contributed by atoms with Crippen LogP contribution < -0.4 is 0 Å². The van der Waals surface area contributed by atoms with Gasteiger partial charge in [0.1, 0.15) is 6.10 Å². The highest BCUT2D eigenvalue weighted by Crippen LogP contribution is 2.60. The minimum atomic E-state index is -0.942. The lowest BCUT2D eigenvalue weighted by Gasteiger charge is -2.57. The molecule has 4 aliphatic carbocycles. The predicted molar refractivity (Wildman–Crippen MR) is 71.8 cm³/mol. The molecule has 0 spiro atoms. The Balaban J connectivity index is 1.62. The first kappa shape index (κ1) is 13.2. The summed E-state index contributed by atoms with van der Waals surface area (Å²) in [5.41, 5.74) is 0. The van der Waals surface area contributed by atoms with E-state index < -0.39 is 12.1 Å². The van der Waals surface area contributed by atoms with E-state index in [0.29, 0.717) is 31.0 Å². The summed E-state index contributed by atoms with van der Waals surface area (Å²) >= 11 is 0. The molecular weight excluding hydrogens is 256 g/mol. The molecule has 2 unspecified atom stereocenters. The summed E-state index contributed by atoms with van der Waals surface area (Å²) in [6.45, 7) is 2.87. The molecule has 20 heavy (non-hydrogen) atoms. The lowest BCUT2D eigenvalue weighted by Crippen LogP contribution is -2.57.